The quantitative estimate of drug-likeness (QED) is 0.764. The van der Waals surface area contributed by atoms with Crippen molar-refractivity contribution < 1.29 is 4.79 Å². The zero-order chi connectivity index (χ0) is 18.1. The van der Waals surface area contributed by atoms with Crippen molar-refractivity contribution in [3.63, 3.8) is 0 Å². The Labute approximate surface area is 150 Å². The Balaban J connectivity index is 1.45. The summed E-state index contributed by atoms with van der Waals surface area (Å²) in [5, 5.41) is 11.8. The fourth-order valence-electron chi connectivity index (χ4n) is 3.44. The van der Waals surface area contributed by atoms with Crippen molar-refractivity contribution in [3.05, 3.63) is 52.5 Å². The van der Waals surface area contributed by atoms with Crippen LogP contribution < -0.4 is 11.0 Å². The molecular formula is C18H22N6O2. The average Bonchev–Trinajstić information content (AvgIpc) is 3.13. The van der Waals surface area contributed by atoms with Crippen LogP contribution in [0.25, 0.3) is 5.52 Å². The molecule has 0 fully saturated rings. The van der Waals surface area contributed by atoms with Crippen molar-refractivity contribution in [1.29, 1.82) is 0 Å². The number of pyridine rings is 1. The Kier molecular flexibility index (Phi) is 4.32. The summed E-state index contributed by atoms with van der Waals surface area (Å²) in [4.78, 5) is 24.9. The van der Waals surface area contributed by atoms with Gasteiger partial charge in [-0.1, -0.05) is 13.0 Å². The highest BCUT2D eigenvalue weighted by Crippen LogP contribution is 2.13. The Morgan fingerprint density at radius 2 is 2.19 bits per heavy atom. The van der Waals surface area contributed by atoms with E-state index in [0.29, 0.717) is 31.6 Å². The fraction of sp³-hybridized carbons (Fsp3) is 0.444. The summed E-state index contributed by atoms with van der Waals surface area (Å²) in [5.41, 5.74) is 1.24. The van der Waals surface area contributed by atoms with Crippen LogP contribution in [0.1, 0.15) is 42.5 Å². The Morgan fingerprint density at radius 3 is 3.00 bits per heavy atom. The van der Waals surface area contributed by atoms with Crippen molar-refractivity contribution in [2.75, 3.05) is 0 Å². The van der Waals surface area contributed by atoms with Gasteiger partial charge in [-0.25, -0.2) is 14.0 Å². The fourth-order valence-corrected chi connectivity index (χ4v) is 3.44. The lowest BCUT2D eigenvalue weighted by Crippen LogP contribution is -2.36. The maximum atomic E-state index is 12.5. The van der Waals surface area contributed by atoms with Gasteiger partial charge < -0.3 is 5.32 Å². The summed E-state index contributed by atoms with van der Waals surface area (Å²) in [6.07, 6.45) is 4.86. The van der Waals surface area contributed by atoms with Crippen LogP contribution in [0.5, 0.6) is 0 Å². The molecule has 8 nitrogen and oxygen atoms in total. The average molecular weight is 354 g/mol. The first-order valence-electron chi connectivity index (χ1n) is 9.07. The van der Waals surface area contributed by atoms with Crippen molar-refractivity contribution in [2.24, 2.45) is 0 Å². The molecule has 3 aromatic rings. The van der Waals surface area contributed by atoms with Crippen molar-refractivity contribution in [3.8, 4) is 0 Å². The van der Waals surface area contributed by atoms with Crippen LogP contribution >= 0.6 is 0 Å². The minimum absolute atomic E-state index is 0.00744. The van der Waals surface area contributed by atoms with E-state index in [2.05, 4.69) is 15.5 Å². The van der Waals surface area contributed by atoms with E-state index >= 15 is 0 Å². The van der Waals surface area contributed by atoms with E-state index in [1.807, 2.05) is 31.3 Å². The maximum Gasteiger partial charge on any atom is 0.345 e. The lowest BCUT2D eigenvalue weighted by Gasteiger charge is -2.15. The van der Waals surface area contributed by atoms with E-state index in [0.717, 1.165) is 24.2 Å². The van der Waals surface area contributed by atoms with Crippen LogP contribution in [0.4, 0.5) is 0 Å². The van der Waals surface area contributed by atoms with E-state index in [4.69, 9.17) is 0 Å². The number of fused-ring (bicyclic) bond motifs is 2. The smallest absolute Gasteiger partial charge is 0.345 e. The third kappa shape index (κ3) is 3.02. The van der Waals surface area contributed by atoms with Gasteiger partial charge >= 0.3 is 5.69 Å². The number of carbonyl (C=O) groups is 1. The summed E-state index contributed by atoms with van der Waals surface area (Å²) in [6, 6.07) is 7.49. The molecule has 0 bridgehead atoms. The van der Waals surface area contributed by atoms with Crippen molar-refractivity contribution >= 4 is 11.4 Å². The lowest BCUT2D eigenvalue weighted by atomic mass is 10.1. The summed E-state index contributed by atoms with van der Waals surface area (Å²) in [5.74, 6) is 0.634. The van der Waals surface area contributed by atoms with Gasteiger partial charge in [0.15, 0.2) is 5.69 Å². The van der Waals surface area contributed by atoms with E-state index in [1.165, 1.54) is 0 Å². The van der Waals surface area contributed by atoms with Crippen LogP contribution in [0.15, 0.2) is 35.3 Å². The molecule has 8 heteroatoms. The van der Waals surface area contributed by atoms with Crippen molar-refractivity contribution in [2.45, 2.75) is 51.7 Å². The van der Waals surface area contributed by atoms with Crippen LogP contribution in [0.3, 0.4) is 0 Å². The molecule has 1 aliphatic heterocycles. The maximum absolute atomic E-state index is 12.5. The molecule has 1 amide bonds. The number of hydrogen-bond donors (Lipinski definition) is 1. The highest BCUT2D eigenvalue weighted by Gasteiger charge is 2.23. The number of aryl methyl sites for hydroxylation is 2. The van der Waals surface area contributed by atoms with Crippen LogP contribution in [-0.4, -0.2) is 35.9 Å². The SMILES string of the molecule is CCCn1nc2n(c1=O)CCC(NC(=O)c1cc3ccccn3n1)CC2. The van der Waals surface area contributed by atoms with E-state index in [1.54, 1.807) is 19.8 Å². The molecule has 0 aliphatic carbocycles. The van der Waals surface area contributed by atoms with E-state index in [-0.39, 0.29) is 17.6 Å². The largest absolute Gasteiger partial charge is 0.348 e. The van der Waals surface area contributed by atoms with Gasteiger partial charge in [-0.3, -0.25) is 9.36 Å². The summed E-state index contributed by atoms with van der Waals surface area (Å²) >= 11 is 0. The Bertz CT molecular complexity index is 966. The van der Waals surface area contributed by atoms with Crippen molar-refractivity contribution in [1.82, 2.24) is 29.3 Å². The molecule has 4 heterocycles. The molecule has 1 atom stereocenters. The number of carbonyl (C=O) groups excluding carboxylic acids is 1. The normalized spacial score (nSPS) is 17.0. The minimum atomic E-state index is -0.179. The second-order valence-corrected chi connectivity index (χ2v) is 6.67. The van der Waals surface area contributed by atoms with E-state index < -0.39 is 0 Å². The molecular weight excluding hydrogens is 332 g/mol. The molecule has 1 aliphatic rings. The molecule has 1 unspecified atom stereocenters. The van der Waals surface area contributed by atoms with Gasteiger partial charge in [0.2, 0.25) is 0 Å². The van der Waals surface area contributed by atoms with Gasteiger partial charge in [0.05, 0.1) is 5.52 Å². The zero-order valence-corrected chi connectivity index (χ0v) is 14.8. The van der Waals surface area contributed by atoms with Crippen LogP contribution in [0, 0.1) is 0 Å². The zero-order valence-electron chi connectivity index (χ0n) is 14.8. The van der Waals surface area contributed by atoms with Crippen LogP contribution in [0.2, 0.25) is 0 Å². The first-order chi connectivity index (χ1) is 12.7. The molecule has 136 valence electrons. The van der Waals surface area contributed by atoms with Gasteiger partial charge in [0, 0.05) is 31.7 Å². The first kappa shape index (κ1) is 16.6. The van der Waals surface area contributed by atoms with Gasteiger partial charge in [0.25, 0.3) is 5.91 Å². The standard InChI is InChI=1S/C18H22N6O2/c1-2-9-24-18(26)22-11-8-13(6-7-16(22)21-24)19-17(25)15-12-14-5-3-4-10-23(14)20-15/h3-5,10,12-13H,2,6-9,11H2,1H3,(H,19,25). The molecule has 0 saturated carbocycles. The minimum Gasteiger partial charge on any atom is -0.348 e. The molecule has 0 aromatic carbocycles. The predicted molar refractivity (Wildman–Crippen MR) is 96.2 cm³/mol. The third-order valence-electron chi connectivity index (χ3n) is 4.79. The number of nitrogens with one attached hydrogen (secondary N) is 1. The molecule has 0 radical (unpaired) electrons. The monoisotopic (exact) mass is 354 g/mol. The number of hydrogen-bond acceptors (Lipinski definition) is 4. The Morgan fingerprint density at radius 1 is 1.31 bits per heavy atom. The molecule has 26 heavy (non-hydrogen) atoms. The lowest BCUT2D eigenvalue weighted by molar-refractivity contribution is 0.0927. The van der Waals surface area contributed by atoms with Gasteiger partial charge in [-0.05, 0) is 37.5 Å². The topological polar surface area (TPSA) is 86.2 Å². The number of amides is 1. The Hall–Kier alpha value is -2.90. The predicted octanol–water partition coefficient (Wildman–Crippen LogP) is 1.24. The number of nitrogens with zero attached hydrogens (tertiary/aromatic N) is 5. The molecule has 0 spiro atoms. The summed E-state index contributed by atoms with van der Waals surface area (Å²) < 4.78 is 4.98. The summed E-state index contributed by atoms with van der Waals surface area (Å²) in [6.45, 7) is 3.25. The second-order valence-electron chi connectivity index (χ2n) is 6.67. The number of rotatable bonds is 4. The highest BCUT2D eigenvalue weighted by atomic mass is 16.2. The molecule has 4 rings (SSSR count). The molecule has 1 N–H and O–H groups in total. The van der Waals surface area contributed by atoms with Gasteiger partial charge in [0.1, 0.15) is 5.82 Å². The second kappa shape index (κ2) is 6.78. The summed E-state index contributed by atoms with van der Waals surface area (Å²) in [7, 11) is 0. The first-order valence-corrected chi connectivity index (χ1v) is 9.07. The highest BCUT2D eigenvalue weighted by molar-refractivity contribution is 5.93. The number of aromatic nitrogens is 5. The third-order valence-corrected chi connectivity index (χ3v) is 4.79. The molecule has 0 saturated heterocycles. The van der Waals surface area contributed by atoms with Gasteiger partial charge in [-0.15, -0.1) is 0 Å². The van der Waals surface area contributed by atoms with E-state index in [9.17, 15) is 9.59 Å². The molecule has 3 aromatic heterocycles. The van der Waals surface area contributed by atoms with Crippen LogP contribution in [-0.2, 0) is 19.5 Å². The van der Waals surface area contributed by atoms with Gasteiger partial charge in [-0.2, -0.15) is 10.2 Å².